The molecule has 0 heterocycles. The van der Waals surface area contributed by atoms with Crippen LogP contribution in [0.1, 0.15) is 110 Å². The third kappa shape index (κ3) is 17.0. The van der Waals surface area contributed by atoms with Crippen LogP contribution < -0.4 is 5.32 Å². The van der Waals surface area contributed by atoms with Gasteiger partial charge in [0.15, 0.2) is 0 Å². The van der Waals surface area contributed by atoms with Crippen LogP contribution >= 0.6 is 0 Å². The number of nitrogens with one attached hydrogen (secondary N) is 1. The zero-order chi connectivity index (χ0) is 20.2. The fourth-order valence-corrected chi connectivity index (χ4v) is 3.18. The SMILES string of the molecule is CCC/C=C\CCCCCCCC(=O)NC(CO)C(O)CCCCCCC. The van der Waals surface area contributed by atoms with Gasteiger partial charge in [0, 0.05) is 6.42 Å². The van der Waals surface area contributed by atoms with E-state index in [1.165, 1.54) is 51.4 Å². The highest BCUT2D eigenvalue weighted by atomic mass is 16.3. The number of carbonyl (C=O) groups is 1. The molecule has 0 aromatic heterocycles. The van der Waals surface area contributed by atoms with E-state index >= 15 is 0 Å². The van der Waals surface area contributed by atoms with Crippen LogP contribution in [0.3, 0.4) is 0 Å². The van der Waals surface area contributed by atoms with Crippen LogP contribution in [0.5, 0.6) is 0 Å². The van der Waals surface area contributed by atoms with Gasteiger partial charge in [0.1, 0.15) is 0 Å². The quantitative estimate of drug-likeness (QED) is 0.210. The van der Waals surface area contributed by atoms with Crippen LogP contribution in [0.4, 0.5) is 0 Å². The Morgan fingerprint density at radius 1 is 0.852 bits per heavy atom. The number of hydrogen-bond donors (Lipinski definition) is 3. The Morgan fingerprint density at radius 3 is 2.19 bits per heavy atom. The zero-order valence-electron chi connectivity index (χ0n) is 17.9. The molecule has 27 heavy (non-hydrogen) atoms. The molecule has 2 unspecified atom stereocenters. The maximum absolute atomic E-state index is 12.0. The Hall–Kier alpha value is -0.870. The second-order valence-corrected chi connectivity index (χ2v) is 7.69. The van der Waals surface area contributed by atoms with Gasteiger partial charge in [0.05, 0.1) is 18.8 Å². The van der Waals surface area contributed by atoms with Gasteiger partial charge in [-0.15, -0.1) is 0 Å². The summed E-state index contributed by atoms with van der Waals surface area (Å²) in [6, 6.07) is -0.529. The first-order valence-corrected chi connectivity index (χ1v) is 11.4. The predicted molar refractivity (Wildman–Crippen MR) is 115 cm³/mol. The van der Waals surface area contributed by atoms with Gasteiger partial charge in [-0.3, -0.25) is 4.79 Å². The molecule has 4 heteroatoms. The van der Waals surface area contributed by atoms with Crippen molar-refractivity contribution in [2.45, 2.75) is 122 Å². The van der Waals surface area contributed by atoms with Gasteiger partial charge in [-0.2, -0.15) is 0 Å². The lowest BCUT2D eigenvalue weighted by Gasteiger charge is -2.22. The van der Waals surface area contributed by atoms with Crippen molar-refractivity contribution in [1.29, 1.82) is 0 Å². The summed E-state index contributed by atoms with van der Waals surface area (Å²) >= 11 is 0. The van der Waals surface area contributed by atoms with E-state index in [0.717, 1.165) is 32.1 Å². The van der Waals surface area contributed by atoms with Gasteiger partial charge in [0.2, 0.25) is 5.91 Å². The van der Waals surface area contributed by atoms with E-state index in [-0.39, 0.29) is 12.5 Å². The van der Waals surface area contributed by atoms with E-state index in [4.69, 9.17) is 0 Å². The molecular formula is C23H45NO3. The maximum atomic E-state index is 12.0. The molecule has 0 aliphatic rings. The highest BCUT2D eigenvalue weighted by Crippen LogP contribution is 2.11. The molecule has 1 amide bonds. The molecular weight excluding hydrogens is 338 g/mol. The number of rotatable bonds is 19. The van der Waals surface area contributed by atoms with E-state index in [0.29, 0.717) is 12.8 Å². The molecule has 3 N–H and O–H groups in total. The second kappa shape index (κ2) is 19.9. The largest absolute Gasteiger partial charge is 0.394 e. The fourth-order valence-electron chi connectivity index (χ4n) is 3.18. The molecule has 0 rings (SSSR count). The minimum atomic E-state index is -0.652. The molecule has 0 saturated heterocycles. The van der Waals surface area contributed by atoms with Crippen molar-refractivity contribution in [1.82, 2.24) is 5.32 Å². The van der Waals surface area contributed by atoms with Crippen LogP contribution in [0, 0.1) is 0 Å². The molecule has 0 aliphatic heterocycles. The summed E-state index contributed by atoms with van der Waals surface area (Å²) in [7, 11) is 0. The standard InChI is InChI=1S/C23H45NO3/c1-3-5-7-9-10-11-12-13-15-17-19-23(27)24-21(20-25)22(26)18-16-14-8-6-4-2/h7,9,21-22,25-26H,3-6,8,10-20H2,1-2H3,(H,24,27)/b9-7-. The van der Waals surface area contributed by atoms with Gasteiger partial charge in [-0.1, -0.05) is 83.8 Å². The van der Waals surface area contributed by atoms with Gasteiger partial charge in [0.25, 0.3) is 0 Å². The minimum Gasteiger partial charge on any atom is -0.394 e. The number of amides is 1. The lowest BCUT2D eigenvalue weighted by Crippen LogP contribution is -2.45. The summed E-state index contributed by atoms with van der Waals surface area (Å²) in [6.07, 6.45) is 19.8. The highest BCUT2D eigenvalue weighted by Gasteiger charge is 2.19. The number of allylic oxidation sites excluding steroid dienone is 2. The highest BCUT2D eigenvalue weighted by molar-refractivity contribution is 5.76. The van der Waals surface area contributed by atoms with Crippen molar-refractivity contribution in [3.05, 3.63) is 12.2 Å². The van der Waals surface area contributed by atoms with Crippen LogP contribution in [-0.4, -0.2) is 34.9 Å². The second-order valence-electron chi connectivity index (χ2n) is 7.69. The summed E-state index contributed by atoms with van der Waals surface area (Å²) in [5, 5.41) is 22.4. The normalized spacial score (nSPS) is 13.8. The Labute approximate surface area is 167 Å². The number of unbranched alkanes of at least 4 members (excludes halogenated alkanes) is 10. The molecule has 0 aromatic rings. The number of aliphatic hydroxyl groups excluding tert-OH is 2. The van der Waals surface area contributed by atoms with E-state index in [1.54, 1.807) is 0 Å². The average Bonchev–Trinajstić information content (AvgIpc) is 2.67. The molecule has 4 nitrogen and oxygen atoms in total. The van der Waals surface area contributed by atoms with E-state index in [9.17, 15) is 15.0 Å². The summed E-state index contributed by atoms with van der Waals surface area (Å²) in [4.78, 5) is 12.0. The molecule has 0 fully saturated rings. The van der Waals surface area contributed by atoms with Crippen LogP contribution in [0.25, 0.3) is 0 Å². The van der Waals surface area contributed by atoms with Crippen LogP contribution in [0.15, 0.2) is 12.2 Å². The molecule has 0 saturated carbocycles. The number of carbonyl (C=O) groups excluding carboxylic acids is 1. The molecule has 0 aromatic carbocycles. The lowest BCUT2D eigenvalue weighted by atomic mass is 10.0. The first-order valence-electron chi connectivity index (χ1n) is 11.4. The van der Waals surface area contributed by atoms with Crippen molar-refractivity contribution in [2.24, 2.45) is 0 Å². The first-order chi connectivity index (χ1) is 13.2. The van der Waals surface area contributed by atoms with Gasteiger partial charge in [-0.25, -0.2) is 0 Å². The molecule has 0 aliphatic carbocycles. The third-order valence-corrected chi connectivity index (χ3v) is 5.01. The summed E-state index contributed by atoms with van der Waals surface area (Å²) in [5.41, 5.74) is 0. The van der Waals surface area contributed by atoms with Crippen molar-refractivity contribution >= 4 is 5.91 Å². The van der Waals surface area contributed by atoms with Crippen molar-refractivity contribution in [2.75, 3.05) is 6.61 Å². The summed E-state index contributed by atoms with van der Waals surface area (Å²) in [5.74, 6) is -0.0541. The smallest absolute Gasteiger partial charge is 0.220 e. The molecule has 160 valence electrons. The Balaban J connectivity index is 3.69. The Kier molecular flexibility index (Phi) is 19.2. The Morgan fingerprint density at radius 2 is 1.48 bits per heavy atom. The van der Waals surface area contributed by atoms with E-state index < -0.39 is 12.1 Å². The first kappa shape index (κ1) is 26.1. The van der Waals surface area contributed by atoms with E-state index in [1.807, 2.05) is 0 Å². The van der Waals surface area contributed by atoms with Crippen molar-refractivity contribution < 1.29 is 15.0 Å². The molecule has 0 bridgehead atoms. The molecule has 0 radical (unpaired) electrons. The van der Waals surface area contributed by atoms with Crippen molar-refractivity contribution in [3.8, 4) is 0 Å². The monoisotopic (exact) mass is 383 g/mol. The number of hydrogen-bond acceptors (Lipinski definition) is 3. The zero-order valence-corrected chi connectivity index (χ0v) is 17.9. The topological polar surface area (TPSA) is 69.6 Å². The predicted octanol–water partition coefficient (Wildman–Crippen LogP) is 5.27. The average molecular weight is 384 g/mol. The van der Waals surface area contributed by atoms with Crippen LogP contribution in [-0.2, 0) is 4.79 Å². The lowest BCUT2D eigenvalue weighted by molar-refractivity contribution is -0.123. The minimum absolute atomic E-state index is 0.0541. The van der Waals surface area contributed by atoms with Crippen LogP contribution in [0.2, 0.25) is 0 Å². The summed E-state index contributed by atoms with van der Waals surface area (Å²) < 4.78 is 0. The fraction of sp³-hybridized carbons (Fsp3) is 0.870. The molecule has 0 spiro atoms. The Bertz CT molecular complexity index is 358. The summed E-state index contributed by atoms with van der Waals surface area (Å²) in [6.45, 7) is 4.17. The van der Waals surface area contributed by atoms with Crippen molar-refractivity contribution in [3.63, 3.8) is 0 Å². The molecule has 2 atom stereocenters. The van der Waals surface area contributed by atoms with Gasteiger partial charge < -0.3 is 15.5 Å². The van der Waals surface area contributed by atoms with E-state index in [2.05, 4.69) is 31.3 Å². The van der Waals surface area contributed by atoms with Gasteiger partial charge in [-0.05, 0) is 32.1 Å². The number of aliphatic hydroxyl groups is 2. The third-order valence-electron chi connectivity index (χ3n) is 5.01. The maximum Gasteiger partial charge on any atom is 0.220 e. The van der Waals surface area contributed by atoms with Gasteiger partial charge >= 0.3 is 0 Å².